The van der Waals surface area contributed by atoms with E-state index in [1.54, 1.807) is 27.9 Å². The summed E-state index contributed by atoms with van der Waals surface area (Å²) in [7, 11) is 1.84. The molecular formula is C18H18ClN5O2. The van der Waals surface area contributed by atoms with Gasteiger partial charge in [0.15, 0.2) is 5.82 Å². The molecule has 1 aromatic carbocycles. The number of ether oxygens (including phenoxy) is 1. The van der Waals surface area contributed by atoms with E-state index in [9.17, 15) is 4.79 Å². The van der Waals surface area contributed by atoms with Crippen molar-refractivity contribution in [2.45, 2.75) is 0 Å². The number of halogens is 1. The van der Waals surface area contributed by atoms with Crippen molar-refractivity contribution in [1.82, 2.24) is 19.4 Å². The van der Waals surface area contributed by atoms with Crippen LogP contribution >= 0.6 is 11.6 Å². The number of fused-ring (bicyclic) bond motifs is 1. The number of hydrogen-bond acceptors (Lipinski definition) is 5. The highest BCUT2D eigenvalue weighted by molar-refractivity contribution is 6.31. The molecule has 1 saturated heterocycles. The summed E-state index contributed by atoms with van der Waals surface area (Å²) < 4.78 is 7.17. The quantitative estimate of drug-likeness (QED) is 0.747. The fourth-order valence-electron chi connectivity index (χ4n) is 3.23. The van der Waals surface area contributed by atoms with Crippen LogP contribution in [0.5, 0.6) is 0 Å². The van der Waals surface area contributed by atoms with Crippen LogP contribution in [-0.4, -0.2) is 51.6 Å². The molecule has 26 heavy (non-hydrogen) atoms. The molecule has 3 heterocycles. The normalized spacial score (nSPS) is 14.8. The van der Waals surface area contributed by atoms with Gasteiger partial charge in [0.1, 0.15) is 5.52 Å². The number of aromatic nitrogens is 3. The van der Waals surface area contributed by atoms with Crippen LogP contribution in [0.2, 0.25) is 5.02 Å². The lowest BCUT2D eigenvalue weighted by molar-refractivity contribution is 0.0304. The third kappa shape index (κ3) is 2.79. The first kappa shape index (κ1) is 16.8. The van der Waals surface area contributed by atoms with Crippen LogP contribution in [0.3, 0.4) is 0 Å². The summed E-state index contributed by atoms with van der Waals surface area (Å²) in [6.07, 6.45) is 1.64. The van der Waals surface area contributed by atoms with Gasteiger partial charge in [0.05, 0.1) is 36.3 Å². The second-order valence-electron chi connectivity index (χ2n) is 6.19. The number of nitrogens with zero attached hydrogens (tertiary/aromatic N) is 4. The largest absolute Gasteiger partial charge is 0.382 e. The van der Waals surface area contributed by atoms with Crippen LogP contribution in [0.4, 0.5) is 5.82 Å². The Morgan fingerprint density at radius 1 is 1.31 bits per heavy atom. The van der Waals surface area contributed by atoms with Gasteiger partial charge in [-0.3, -0.25) is 4.79 Å². The van der Waals surface area contributed by atoms with Gasteiger partial charge in [0.25, 0.3) is 5.91 Å². The minimum absolute atomic E-state index is 0.107. The van der Waals surface area contributed by atoms with Crippen LogP contribution in [0, 0.1) is 0 Å². The highest BCUT2D eigenvalue weighted by atomic mass is 35.5. The zero-order valence-electron chi connectivity index (χ0n) is 14.3. The Hall–Kier alpha value is -2.64. The molecule has 134 valence electrons. The number of aryl methyl sites for hydroxylation is 1. The zero-order chi connectivity index (χ0) is 18.3. The van der Waals surface area contributed by atoms with E-state index in [1.807, 2.05) is 19.2 Å². The summed E-state index contributed by atoms with van der Waals surface area (Å²) in [6.45, 7) is 2.12. The second-order valence-corrected chi connectivity index (χ2v) is 6.62. The van der Waals surface area contributed by atoms with Gasteiger partial charge in [-0.25, -0.2) is 9.97 Å². The van der Waals surface area contributed by atoms with E-state index in [-0.39, 0.29) is 11.7 Å². The van der Waals surface area contributed by atoms with E-state index < -0.39 is 0 Å². The fraction of sp³-hybridized carbons (Fsp3) is 0.278. The lowest BCUT2D eigenvalue weighted by Gasteiger charge is -2.28. The van der Waals surface area contributed by atoms with Crippen molar-refractivity contribution < 1.29 is 9.53 Å². The van der Waals surface area contributed by atoms with Gasteiger partial charge in [-0.1, -0.05) is 23.7 Å². The minimum Gasteiger partial charge on any atom is -0.382 e. The zero-order valence-corrected chi connectivity index (χ0v) is 15.0. The molecule has 1 fully saturated rings. The number of rotatable bonds is 2. The van der Waals surface area contributed by atoms with Crippen molar-refractivity contribution in [3.63, 3.8) is 0 Å². The average Bonchev–Trinajstić information content (AvgIpc) is 3.04. The Balaban J connectivity index is 1.98. The third-order valence-corrected chi connectivity index (χ3v) is 4.73. The minimum atomic E-state index is -0.107. The van der Waals surface area contributed by atoms with Crippen molar-refractivity contribution in [2.24, 2.45) is 7.05 Å². The summed E-state index contributed by atoms with van der Waals surface area (Å²) >= 11 is 6.16. The highest BCUT2D eigenvalue weighted by Gasteiger charge is 2.28. The molecule has 0 unspecified atom stereocenters. The number of imidazole rings is 1. The number of morpholine rings is 1. The average molecular weight is 372 g/mol. The molecule has 2 N–H and O–H groups in total. The number of carbonyl (C=O) groups is 1. The van der Waals surface area contributed by atoms with Crippen molar-refractivity contribution >= 4 is 34.4 Å². The van der Waals surface area contributed by atoms with Gasteiger partial charge in [0, 0.05) is 30.7 Å². The maximum atomic E-state index is 13.4. The molecule has 4 rings (SSSR count). The van der Waals surface area contributed by atoms with Gasteiger partial charge in [-0.15, -0.1) is 0 Å². The van der Waals surface area contributed by atoms with Gasteiger partial charge < -0.3 is 19.9 Å². The number of hydrogen-bond donors (Lipinski definition) is 1. The van der Waals surface area contributed by atoms with Crippen molar-refractivity contribution in [3.05, 3.63) is 41.2 Å². The molecule has 1 aliphatic rings. The first-order valence-electron chi connectivity index (χ1n) is 8.29. The smallest absolute Gasteiger partial charge is 0.258 e. The van der Waals surface area contributed by atoms with E-state index in [1.165, 1.54) is 0 Å². The Labute approximate surface area is 155 Å². The highest BCUT2D eigenvalue weighted by Crippen LogP contribution is 2.33. The Morgan fingerprint density at radius 3 is 2.81 bits per heavy atom. The topological polar surface area (TPSA) is 86.3 Å². The molecule has 1 aliphatic heterocycles. The summed E-state index contributed by atoms with van der Waals surface area (Å²) in [5.41, 5.74) is 9.06. The van der Waals surface area contributed by atoms with E-state index in [0.717, 1.165) is 5.56 Å². The van der Waals surface area contributed by atoms with Gasteiger partial charge in [-0.2, -0.15) is 0 Å². The van der Waals surface area contributed by atoms with Gasteiger partial charge in [-0.05, 0) is 12.1 Å². The van der Waals surface area contributed by atoms with Crippen LogP contribution in [-0.2, 0) is 11.8 Å². The summed E-state index contributed by atoms with van der Waals surface area (Å²) in [5.74, 6) is 0.179. The fourth-order valence-corrected chi connectivity index (χ4v) is 3.42. The predicted molar refractivity (Wildman–Crippen MR) is 100 cm³/mol. The molecule has 0 saturated carbocycles. The van der Waals surface area contributed by atoms with Crippen molar-refractivity contribution in [2.75, 3.05) is 32.0 Å². The van der Waals surface area contributed by atoms with Crippen molar-refractivity contribution in [3.8, 4) is 11.3 Å². The molecule has 0 radical (unpaired) electrons. The maximum absolute atomic E-state index is 13.4. The molecule has 2 aromatic heterocycles. The SMILES string of the molecule is Cn1cnc2c(N)nc(-c3cccc(Cl)c3)c(C(=O)N3CCOCC3)c21. The summed E-state index contributed by atoms with van der Waals surface area (Å²) in [4.78, 5) is 24.0. The number of carbonyl (C=O) groups excluding carboxylic acids is 1. The number of anilines is 1. The molecule has 0 bridgehead atoms. The second kappa shape index (κ2) is 6.59. The Bertz CT molecular complexity index is 995. The lowest BCUT2D eigenvalue weighted by Crippen LogP contribution is -2.41. The van der Waals surface area contributed by atoms with Gasteiger partial charge >= 0.3 is 0 Å². The maximum Gasteiger partial charge on any atom is 0.258 e. The van der Waals surface area contributed by atoms with Crippen LogP contribution in [0.1, 0.15) is 10.4 Å². The standard InChI is InChI=1S/C18H18ClN5O2/c1-23-10-21-15-16(23)13(18(25)24-5-7-26-8-6-24)14(22-17(15)20)11-3-2-4-12(19)9-11/h2-4,9-10H,5-8H2,1H3,(H2,20,22). The number of amides is 1. The molecule has 1 amide bonds. The monoisotopic (exact) mass is 371 g/mol. The van der Waals surface area contributed by atoms with E-state index in [4.69, 9.17) is 22.1 Å². The molecule has 3 aromatic rings. The Kier molecular flexibility index (Phi) is 4.26. The van der Waals surface area contributed by atoms with Crippen molar-refractivity contribution in [1.29, 1.82) is 0 Å². The molecule has 0 aliphatic carbocycles. The third-order valence-electron chi connectivity index (χ3n) is 4.50. The number of nitrogen functional groups attached to an aromatic ring is 1. The van der Waals surface area contributed by atoms with E-state index in [0.29, 0.717) is 53.6 Å². The van der Waals surface area contributed by atoms with Crippen LogP contribution in [0.25, 0.3) is 22.3 Å². The summed E-state index contributed by atoms with van der Waals surface area (Å²) in [6, 6.07) is 7.25. The molecule has 0 spiro atoms. The van der Waals surface area contributed by atoms with Gasteiger partial charge in [0.2, 0.25) is 0 Å². The number of nitrogens with two attached hydrogens (primary N) is 1. The number of pyridine rings is 1. The van der Waals surface area contributed by atoms with E-state index in [2.05, 4.69) is 9.97 Å². The Morgan fingerprint density at radius 2 is 2.08 bits per heavy atom. The van der Waals surface area contributed by atoms with Crippen LogP contribution in [0.15, 0.2) is 30.6 Å². The molecular weight excluding hydrogens is 354 g/mol. The summed E-state index contributed by atoms with van der Waals surface area (Å²) in [5, 5.41) is 0.567. The first-order chi connectivity index (χ1) is 12.6. The predicted octanol–water partition coefficient (Wildman–Crippen LogP) is 2.34. The number of benzene rings is 1. The first-order valence-corrected chi connectivity index (χ1v) is 8.67. The van der Waals surface area contributed by atoms with E-state index >= 15 is 0 Å². The molecule has 8 heteroatoms. The van der Waals surface area contributed by atoms with Crippen LogP contribution < -0.4 is 5.73 Å². The lowest BCUT2D eigenvalue weighted by atomic mass is 10.0. The molecule has 7 nitrogen and oxygen atoms in total. The molecule has 0 atom stereocenters.